The minimum absolute atomic E-state index is 0.159. The standard InChI is InChI=1S/C14H11FN4O4S/c15-11-5-4-9(7-10(11)14(20)21)24(22,23)16-8-13-18-17-12-3-1-2-6-19(12)13/h1-7,16H,8H2,(H,20,21). The number of aromatic carboxylic acids is 1. The summed E-state index contributed by atoms with van der Waals surface area (Å²) in [5, 5.41) is 16.7. The summed E-state index contributed by atoms with van der Waals surface area (Å²) < 4.78 is 41.8. The van der Waals surface area contributed by atoms with Gasteiger partial charge in [0, 0.05) is 6.20 Å². The summed E-state index contributed by atoms with van der Waals surface area (Å²) in [6.07, 6.45) is 1.68. The SMILES string of the molecule is O=C(O)c1cc(S(=O)(=O)NCc2nnc3ccccn23)ccc1F. The number of carbonyl (C=O) groups is 1. The molecule has 3 rings (SSSR count). The van der Waals surface area contributed by atoms with Crippen molar-refractivity contribution in [3.63, 3.8) is 0 Å². The first kappa shape index (κ1) is 16.0. The molecule has 0 fully saturated rings. The summed E-state index contributed by atoms with van der Waals surface area (Å²) in [5.74, 6) is -2.20. The molecule has 0 bridgehead atoms. The van der Waals surface area contributed by atoms with E-state index in [9.17, 15) is 17.6 Å². The van der Waals surface area contributed by atoms with E-state index in [1.807, 2.05) is 0 Å². The molecule has 0 spiro atoms. The van der Waals surface area contributed by atoms with Crippen LogP contribution in [0.25, 0.3) is 5.65 Å². The number of nitrogens with zero attached hydrogens (tertiary/aromatic N) is 3. The van der Waals surface area contributed by atoms with Gasteiger partial charge in [0.15, 0.2) is 11.5 Å². The molecule has 10 heteroatoms. The van der Waals surface area contributed by atoms with Crippen molar-refractivity contribution < 1.29 is 22.7 Å². The van der Waals surface area contributed by atoms with Crippen LogP contribution in [-0.2, 0) is 16.6 Å². The maximum atomic E-state index is 13.4. The van der Waals surface area contributed by atoms with Gasteiger partial charge >= 0.3 is 5.97 Å². The van der Waals surface area contributed by atoms with E-state index in [0.717, 1.165) is 18.2 Å². The monoisotopic (exact) mass is 350 g/mol. The Labute approximate surface area is 135 Å². The molecule has 1 aromatic carbocycles. The van der Waals surface area contributed by atoms with E-state index in [1.165, 1.54) is 0 Å². The fourth-order valence-corrected chi connectivity index (χ4v) is 3.10. The van der Waals surface area contributed by atoms with Crippen LogP contribution in [0.4, 0.5) is 4.39 Å². The molecule has 0 atom stereocenters. The van der Waals surface area contributed by atoms with Crippen LogP contribution in [0, 0.1) is 5.82 Å². The van der Waals surface area contributed by atoms with Crippen molar-refractivity contribution in [1.82, 2.24) is 19.3 Å². The number of benzene rings is 1. The second-order valence-electron chi connectivity index (χ2n) is 4.82. The molecule has 0 aliphatic rings. The Bertz CT molecular complexity index is 1030. The third kappa shape index (κ3) is 2.96. The number of hydrogen-bond acceptors (Lipinski definition) is 5. The third-order valence-electron chi connectivity index (χ3n) is 3.28. The molecule has 0 unspecified atom stereocenters. The first-order chi connectivity index (χ1) is 11.4. The van der Waals surface area contributed by atoms with Gasteiger partial charge in [-0.15, -0.1) is 10.2 Å². The lowest BCUT2D eigenvalue weighted by atomic mass is 10.2. The second-order valence-corrected chi connectivity index (χ2v) is 6.58. The molecular weight excluding hydrogens is 339 g/mol. The Hall–Kier alpha value is -2.85. The highest BCUT2D eigenvalue weighted by Gasteiger charge is 2.19. The average Bonchev–Trinajstić information content (AvgIpc) is 2.96. The van der Waals surface area contributed by atoms with Crippen molar-refractivity contribution in [3.8, 4) is 0 Å². The van der Waals surface area contributed by atoms with E-state index in [0.29, 0.717) is 11.5 Å². The summed E-state index contributed by atoms with van der Waals surface area (Å²) in [6.45, 7) is -0.159. The smallest absolute Gasteiger partial charge is 0.338 e. The van der Waals surface area contributed by atoms with E-state index in [1.54, 1.807) is 28.8 Å². The normalized spacial score (nSPS) is 11.7. The first-order valence-corrected chi connectivity index (χ1v) is 8.18. The number of aromatic nitrogens is 3. The van der Waals surface area contributed by atoms with Gasteiger partial charge in [-0.1, -0.05) is 6.07 Å². The fourth-order valence-electron chi connectivity index (χ4n) is 2.09. The van der Waals surface area contributed by atoms with E-state index < -0.39 is 27.4 Å². The number of rotatable bonds is 5. The van der Waals surface area contributed by atoms with Gasteiger partial charge in [-0.25, -0.2) is 22.3 Å². The van der Waals surface area contributed by atoms with Gasteiger partial charge in [-0.05, 0) is 30.3 Å². The van der Waals surface area contributed by atoms with E-state index >= 15 is 0 Å². The van der Waals surface area contributed by atoms with Crippen LogP contribution in [0.1, 0.15) is 16.2 Å². The van der Waals surface area contributed by atoms with Gasteiger partial charge in [-0.2, -0.15) is 0 Å². The number of nitrogens with one attached hydrogen (secondary N) is 1. The van der Waals surface area contributed by atoms with Crippen LogP contribution in [0.2, 0.25) is 0 Å². The molecule has 3 aromatic rings. The number of sulfonamides is 1. The number of pyridine rings is 1. The van der Waals surface area contributed by atoms with E-state index in [2.05, 4.69) is 14.9 Å². The minimum Gasteiger partial charge on any atom is -0.478 e. The Kier molecular flexibility index (Phi) is 3.99. The van der Waals surface area contributed by atoms with Crippen LogP contribution >= 0.6 is 0 Å². The van der Waals surface area contributed by atoms with Crippen LogP contribution < -0.4 is 4.72 Å². The predicted molar refractivity (Wildman–Crippen MR) is 80.4 cm³/mol. The fraction of sp³-hybridized carbons (Fsp3) is 0.0714. The van der Waals surface area contributed by atoms with Gasteiger partial charge in [0.25, 0.3) is 0 Å². The van der Waals surface area contributed by atoms with Crippen molar-refractivity contribution in [3.05, 3.63) is 59.8 Å². The zero-order valence-corrected chi connectivity index (χ0v) is 12.9. The van der Waals surface area contributed by atoms with E-state index in [4.69, 9.17) is 5.11 Å². The van der Waals surface area contributed by atoms with Crippen molar-refractivity contribution in [1.29, 1.82) is 0 Å². The summed E-state index contributed by atoms with van der Waals surface area (Å²) in [5.41, 5.74) is -0.160. The summed E-state index contributed by atoms with van der Waals surface area (Å²) in [4.78, 5) is 10.6. The second kappa shape index (κ2) is 5.98. The lowest BCUT2D eigenvalue weighted by molar-refractivity contribution is 0.0691. The maximum Gasteiger partial charge on any atom is 0.338 e. The van der Waals surface area contributed by atoms with Gasteiger partial charge < -0.3 is 5.11 Å². The molecule has 2 aromatic heterocycles. The maximum absolute atomic E-state index is 13.4. The largest absolute Gasteiger partial charge is 0.478 e. The number of carboxylic acids is 1. The van der Waals surface area contributed by atoms with Gasteiger partial charge in [0.1, 0.15) is 5.82 Å². The Morgan fingerprint density at radius 1 is 1.25 bits per heavy atom. The summed E-state index contributed by atoms with van der Waals surface area (Å²) in [7, 11) is -4.04. The first-order valence-electron chi connectivity index (χ1n) is 6.69. The lowest BCUT2D eigenvalue weighted by Crippen LogP contribution is -2.24. The average molecular weight is 350 g/mol. The molecule has 2 N–H and O–H groups in total. The molecule has 0 saturated heterocycles. The topological polar surface area (TPSA) is 114 Å². The molecular formula is C14H11FN4O4S. The zero-order valence-electron chi connectivity index (χ0n) is 12.0. The molecule has 0 amide bonds. The zero-order chi connectivity index (χ0) is 17.3. The van der Waals surface area contributed by atoms with Crippen molar-refractivity contribution >= 4 is 21.6 Å². The van der Waals surface area contributed by atoms with Gasteiger partial charge in [-0.3, -0.25) is 4.40 Å². The van der Waals surface area contributed by atoms with Crippen LogP contribution in [0.3, 0.4) is 0 Å². The van der Waals surface area contributed by atoms with Crippen molar-refractivity contribution in [2.24, 2.45) is 0 Å². The molecule has 2 heterocycles. The number of fused-ring (bicyclic) bond motifs is 1. The molecule has 8 nitrogen and oxygen atoms in total. The molecule has 0 aliphatic carbocycles. The third-order valence-corrected chi connectivity index (χ3v) is 4.68. The molecule has 24 heavy (non-hydrogen) atoms. The Morgan fingerprint density at radius 2 is 2.04 bits per heavy atom. The number of halogens is 1. The molecule has 0 aliphatic heterocycles. The molecule has 124 valence electrons. The minimum atomic E-state index is -4.04. The number of hydrogen-bond donors (Lipinski definition) is 2. The molecule has 0 saturated carbocycles. The van der Waals surface area contributed by atoms with Crippen molar-refractivity contribution in [2.75, 3.05) is 0 Å². The van der Waals surface area contributed by atoms with E-state index in [-0.39, 0.29) is 11.4 Å². The Balaban J connectivity index is 1.86. The lowest BCUT2D eigenvalue weighted by Gasteiger charge is -2.07. The Morgan fingerprint density at radius 3 is 2.79 bits per heavy atom. The van der Waals surface area contributed by atoms with Crippen LogP contribution in [0.15, 0.2) is 47.5 Å². The van der Waals surface area contributed by atoms with Crippen LogP contribution in [0.5, 0.6) is 0 Å². The summed E-state index contributed by atoms with van der Waals surface area (Å²) >= 11 is 0. The van der Waals surface area contributed by atoms with Gasteiger partial charge in [0.05, 0.1) is 17.0 Å². The highest BCUT2D eigenvalue weighted by Crippen LogP contribution is 2.15. The van der Waals surface area contributed by atoms with Gasteiger partial charge in [0.2, 0.25) is 10.0 Å². The highest BCUT2D eigenvalue weighted by molar-refractivity contribution is 7.89. The molecule has 0 radical (unpaired) electrons. The highest BCUT2D eigenvalue weighted by atomic mass is 32.2. The predicted octanol–water partition coefficient (Wildman–Crippen LogP) is 1.05. The van der Waals surface area contributed by atoms with Crippen molar-refractivity contribution in [2.45, 2.75) is 11.4 Å². The van der Waals surface area contributed by atoms with Crippen LogP contribution in [-0.4, -0.2) is 34.1 Å². The summed E-state index contributed by atoms with van der Waals surface area (Å²) in [6, 6.07) is 7.78. The quantitative estimate of drug-likeness (QED) is 0.711. The number of carboxylic acid groups (broad SMARTS) is 1.